The van der Waals surface area contributed by atoms with Gasteiger partial charge in [-0.3, -0.25) is 0 Å². The molecule has 1 atom stereocenters. The highest BCUT2D eigenvalue weighted by molar-refractivity contribution is 7.18. The smallest absolute Gasteiger partial charge is 0.407 e. The molecule has 0 unspecified atom stereocenters. The Hall–Kier alpha value is -2.10. The minimum Gasteiger partial charge on any atom is -0.444 e. The van der Waals surface area contributed by atoms with Crippen LogP contribution in [0.3, 0.4) is 0 Å². The third kappa shape index (κ3) is 6.19. The van der Waals surface area contributed by atoms with E-state index in [0.29, 0.717) is 35.5 Å². The molecule has 10 heteroatoms. The van der Waals surface area contributed by atoms with Gasteiger partial charge in [0.1, 0.15) is 22.6 Å². The number of alkyl halides is 3. The van der Waals surface area contributed by atoms with Crippen LogP contribution in [-0.4, -0.2) is 47.0 Å². The number of alkyl carbamates (subject to hydrolysis) is 1. The predicted molar refractivity (Wildman–Crippen MR) is 106 cm³/mol. The molecule has 1 aliphatic rings. The van der Waals surface area contributed by atoms with Gasteiger partial charge < -0.3 is 15.0 Å². The maximum Gasteiger partial charge on any atom is 0.407 e. The van der Waals surface area contributed by atoms with Gasteiger partial charge in [0.25, 0.3) is 0 Å². The van der Waals surface area contributed by atoms with E-state index in [1.165, 1.54) is 6.33 Å². The number of rotatable bonds is 3. The average molecular weight is 430 g/mol. The van der Waals surface area contributed by atoms with Crippen LogP contribution >= 0.6 is 11.3 Å². The number of hydrogen-bond donors (Lipinski definition) is 1. The summed E-state index contributed by atoms with van der Waals surface area (Å²) >= 11 is 1.05. The number of aromatic nitrogens is 2. The third-order valence-electron chi connectivity index (χ3n) is 4.48. The molecule has 0 radical (unpaired) electrons. The largest absolute Gasteiger partial charge is 0.444 e. The molecule has 1 fully saturated rings. The summed E-state index contributed by atoms with van der Waals surface area (Å²) in [6, 6.07) is 1.53. The van der Waals surface area contributed by atoms with Crippen molar-refractivity contribution in [2.24, 2.45) is 0 Å². The second-order valence-corrected chi connectivity index (χ2v) is 9.30. The molecule has 0 bridgehead atoms. The van der Waals surface area contributed by atoms with Crippen LogP contribution in [0.15, 0.2) is 12.4 Å². The minimum absolute atomic E-state index is 0.0181. The first kappa shape index (κ1) is 21.6. The van der Waals surface area contributed by atoms with Crippen LogP contribution in [0.5, 0.6) is 0 Å². The summed E-state index contributed by atoms with van der Waals surface area (Å²) in [4.78, 5) is 23.4. The van der Waals surface area contributed by atoms with Crippen molar-refractivity contribution >= 4 is 33.5 Å². The second kappa shape index (κ2) is 8.33. The fourth-order valence-corrected chi connectivity index (χ4v) is 4.38. The highest BCUT2D eigenvalue weighted by Crippen LogP contribution is 2.34. The van der Waals surface area contributed by atoms with Gasteiger partial charge >= 0.3 is 12.3 Å². The molecule has 1 saturated heterocycles. The maximum absolute atomic E-state index is 12.7. The molecule has 1 amide bonds. The van der Waals surface area contributed by atoms with Crippen LogP contribution in [0.2, 0.25) is 0 Å². The number of amides is 1. The number of anilines is 1. The number of nitrogens with one attached hydrogen (secondary N) is 1. The zero-order valence-corrected chi connectivity index (χ0v) is 17.5. The molecular formula is C19H25F3N4O2S. The summed E-state index contributed by atoms with van der Waals surface area (Å²) in [5.41, 5.74) is -0.555. The van der Waals surface area contributed by atoms with E-state index in [4.69, 9.17) is 4.74 Å². The van der Waals surface area contributed by atoms with Gasteiger partial charge in [-0.25, -0.2) is 14.8 Å². The summed E-state index contributed by atoms with van der Waals surface area (Å²) in [7, 11) is 0. The number of fused-ring (bicyclic) bond motifs is 1. The Morgan fingerprint density at radius 3 is 2.72 bits per heavy atom. The molecule has 6 nitrogen and oxygen atoms in total. The fraction of sp³-hybridized carbons (Fsp3) is 0.632. The number of halogens is 3. The quantitative estimate of drug-likeness (QED) is 0.766. The van der Waals surface area contributed by atoms with Crippen LogP contribution in [0.4, 0.5) is 23.8 Å². The molecule has 3 heterocycles. The van der Waals surface area contributed by atoms with Crippen molar-refractivity contribution in [3.63, 3.8) is 0 Å². The molecule has 1 N–H and O–H groups in total. The highest BCUT2D eigenvalue weighted by atomic mass is 32.1. The molecule has 2 aromatic rings. The molecule has 0 aromatic carbocycles. The molecule has 29 heavy (non-hydrogen) atoms. The Morgan fingerprint density at radius 2 is 2.03 bits per heavy atom. The van der Waals surface area contributed by atoms with Crippen molar-refractivity contribution < 1.29 is 22.7 Å². The zero-order chi connectivity index (χ0) is 21.2. The normalized spacial score (nSPS) is 18.6. The lowest BCUT2D eigenvalue weighted by atomic mass is 10.1. The van der Waals surface area contributed by atoms with Crippen LogP contribution in [-0.2, 0) is 11.2 Å². The molecule has 1 aliphatic heterocycles. The molecule has 2 aromatic heterocycles. The van der Waals surface area contributed by atoms with Crippen molar-refractivity contribution in [2.75, 3.05) is 18.0 Å². The van der Waals surface area contributed by atoms with Crippen LogP contribution in [0, 0.1) is 0 Å². The predicted octanol–water partition coefficient (Wildman–Crippen LogP) is 4.68. The Morgan fingerprint density at radius 1 is 1.28 bits per heavy atom. The molecule has 3 rings (SSSR count). The van der Waals surface area contributed by atoms with Crippen molar-refractivity contribution in [2.45, 2.75) is 64.3 Å². The van der Waals surface area contributed by atoms with Gasteiger partial charge in [0.05, 0.1) is 11.8 Å². The van der Waals surface area contributed by atoms with E-state index in [1.54, 1.807) is 6.07 Å². The van der Waals surface area contributed by atoms with Crippen LogP contribution in [0.1, 0.15) is 44.9 Å². The van der Waals surface area contributed by atoms with E-state index in [2.05, 4.69) is 20.2 Å². The summed E-state index contributed by atoms with van der Waals surface area (Å²) in [6.45, 7) is 6.79. The Bertz CT molecular complexity index is 863. The maximum atomic E-state index is 12.7. The first-order chi connectivity index (χ1) is 13.5. The SMILES string of the molecule is CC(C)(C)OC(=O)N[C@@H]1CCCN(c2ncnc3sc(CC(F)(F)F)cc23)CC1. The van der Waals surface area contributed by atoms with E-state index in [-0.39, 0.29) is 10.9 Å². The van der Waals surface area contributed by atoms with Crippen molar-refractivity contribution in [1.29, 1.82) is 0 Å². The molecule has 160 valence electrons. The topological polar surface area (TPSA) is 67.3 Å². The third-order valence-corrected chi connectivity index (χ3v) is 5.53. The Kier molecular flexibility index (Phi) is 6.21. The van der Waals surface area contributed by atoms with E-state index < -0.39 is 24.3 Å². The number of thiophene rings is 1. The van der Waals surface area contributed by atoms with E-state index in [1.807, 2.05) is 20.8 Å². The van der Waals surface area contributed by atoms with Crippen LogP contribution < -0.4 is 10.2 Å². The van der Waals surface area contributed by atoms with Crippen molar-refractivity contribution in [1.82, 2.24) is 15.3 Å². The van der Waals surface area contributed by atoms with Gasteiger partial charge in [-0.1, -0.05) is 0 Å². The zero-order valence-electron chi connectivity index (χ0n) is 16.7. The van der Waals surface area contributed by atoms with E-state index in [0.717, 1.165) is 24.2 Å². The number of hydrogen-bond acceptors (Lipinski definition) is 6. The number of carbonyl (C=O) groups excluding carboxylic acids is 1. The number of carbonyl (C=O) groups is 1. The molecule has 0 saturated carbocycles. The van der Waals surface area contributed by atoms with E-state index >= 15 is 0 Å². The minimum atomic E-state index is -4.25. The Labute approximate surface area is 171 Å². The van der Waals surface area contributed by atoms with E-state index in [9.17, 15) is 18.0 Å². The summed E-state index contributed by atoms with van der Waals surface area (Å²) < 4.78 is 43.6. The van der Waals surface area contributed by atoms with Crippen molar-refractivity contribution in [3.05, 3.63) is 17.3 Å². The van der Waals surface area contributed by atoms with Gasteiger partial charge in [0.15, 0.2) is 0 Å². The lowest BCUT2D eigenvalue weighted by Gasteiger charge is -2.24. The van der Waals surface area contributed by atoms with Gasteiger partial charge in [-0.05, 0) is 46.1 Å². The molecular weight excluding hydrogens is 405 g/mol. The first-order valence-corrected chi connectivity index (χ1v) is 10.4. The van der Waals surface area contributed by atoms with Crippen LogP contribution in [0.25, 0.3) is 10.2 Å². The Balaban J connectivity index is 1.70. The number of ether oxygens (including phenoxy) is 1. The lowest BCUT2D eigenvalue weighted by Crippen LogP contribution is -2.39. The molecule has 0 aliphatic carbocycles. The van der Waals surface area contributed by atoms with Gasteiger partial charge in [0, 0.05) is 24.0 Å². The second-order valence-electron chi connectivity index (χ2n) is 8.18. The molecule has 0 spiro atoms. The van der Waals surface area contributed by atoms with Crippen molar-refractivity contribution in [3.8, 4) is 0 Å². The monoisotopic (exact) mass is 430 g/mol. The highest BCUT2D eigenvalue weighted by Gasteiger charge is 2.29. The lowest BCUT2D eigenvalue weighted by molar-refractivity contribution is -0.126. The van der Waals surface area contributed by atoms with Gasteiger partial charge in [0.2, 0.25) is 0 Å². The fourth-order valence-electron chi connectivity index (χ4n) is 3.36. The average Bonchev–Trinajstić information content (AvgIpc) is 2.81. The number of nitrogens with zero attached hydrogens (tertiary/aromatic N) is 3. The first-order valence-electron chi connectivity index (χ1n) is 9.55. The standard InChI is InChI=1S/C19H25F3N4O2S/c1-18(2,3)28-17(27)25-12-5-4-7-26(8-6-12)15-14-9-13(10-19(20,21)22)29-16(14)24-11-23-15/h9,11-12H,4-8,10H2,1-3H3,(H,25,27)/t12-/m1/s1. The summed E-state index contributed by atoms with van der Waals surface area (Å²) in [5.74, 6) is 0.651. The van der Waals surface area contributed by atoms with Gasteiger partial charge in [-0.15, -0.1) is 11.3 Å². The summed E-state index contributed by atoms with van der Waals surface area (Å²) in [5, 5.41) is 3.56. The van der Waals surface area contributed by atoms with Gasteiger partial charge in [-0.2, -0.15) is 13.2 Å². The summed E-state index contributed by atoms with van der Waals surface area (Å²) in [6.07, 6.45) is -1.93.